The Hall–Kier alpha value is -0.380. The summed E-state index contributed by atoms with van der Waals surface area (Å²) in [6, 6.07) is 10.4. The molecule has 0 amide bonds. The number of hydrogen-bond donors (Lipinski definition) is 0. The molecule has 0 nitrogen and oxygen atoms in total. The van der Waals surface area contributed by atoms with E-state index in [-0.39, 0.29) is 5.82 Å². The molecule has 18 heavy (non-hydrogen) atoms. The first-order valence-electron chi connectivity index (χ1n) is 5.34. The van der Waals surface area contributed by atoms with Gasteiger partial charge in [-0.05, 0) is 36.2 Å². The van der Waals surface area contributed by atoms with Crippen molar-refractivity contribution in [3.63, 3.8) is 0 Å². The van der Waals surface area contributed by atoms with E-state index in [2.05, 4.69) is 31.9 Å². The molecule has 0 radical (unpaired) electrons. The van der Waals surface area contributed by atoms with Gasteiger partial charge in [-0.15, -0.1) is 11.6 Å². The van der Waals surface area contributed by atoms with Crippen LogP contribution >= 0.6 is 43.5 Å². The van der Waals surface area contributed by atoms with Crippen LogP contribution in [0.15, 0.2) is 45.3 Å². The SMILES string of the molecule is Cc1cc(Br)c(C(Cl)c2ccccc2F)cc1Br. The fraction of sp³-hybridized carbons (Fsp3) is 0.143. The topological polar surface area (TPSA) is 0 Å². The maximum absolute atomic E-state index is 13.7. The Morgan fingerprint density at radius 1 is 1.06 bits per heavy atom. The van der Waals surface area contributed by atoms with Crippen molar-refractivity contribution in [3.8, 4) is 0 Å². The quantitative estimate of drug-likeness (QED) is 0.551. The summed E-state index contributed by atoms with van der Waals surface area (Å²) in [4.78, 5) is 0. The molecule has 0 aliphatic heterocycles. The van der Waals surface area contributed by atoms with Gasteiger partial charge in [0.1, 0.15) is 5.82 Å². The molecule has 2 rings (SSSR count). The van der Waals surface area contributed by atoms with Crippen LogP contribution in [0.5, 0.6) is 0 Å². The lowest BCUT2D eigenvalue weighted by molar-refractivity contribution is 0.612. The van der Waals surface area contributed by atoms with Crippen LogP contribution < -0.4 is 0 Å². The molecular weight excluding hydrogens is 382 g/mol. The van der Waals surface area contributed by atoms with E-state index in [9.17, 15) is 4.39 Å². The predicted octanol–water partition coefficient (Wildman–Crippen LogP) is 5.99. The van der Waals surface area contributed by atoms with Gasteiger partial charge in [0, 0.05) is 14.5 Å². The Bertz CT molecular complexity index is 584. The van der Waals surface area contributed by atoms with Crippen molar-refractivity contribution in [2.24, 2.45) is 0 Å². The summed E-state index contributed by atoms with van der Waals surface area (Å²) in [5.41, 5.74) is 2.43. The molecule has 1 unspecified atom stereocenters. The zero-order valence-electron chi connectivity index (χ0n) is 9.55. The minimum absolute atomic E-state index is 0.291. The summed E-state index contributed by atoms with van der Waals surface area (Å²) < 4.78 is 15.6. The fourth-order valence-corrected chi connectivity index (χ4v) is 3.24. The molecule has 2 aromatic rings. The highest BCUT2D eigenvalue weighted by Gasteiger charge is 2.18. The number of aryl methyl sites for hydroxylation is 1. The van der Waals surface area contributed by atoms with Crippen LogP contribution in [0, 0.1) is 12.7 Å². The predicted molar refractivity (Wildman–Crippen MR) is 80.7 cm³/mol. The molecule has 0 heterocycles. The summed E-state index contributed by atoms with van der Waals surface area (Å²) in [6.45, 7) is 1.99. The third-order valence-corrected chi connectivity index (χ3v) is 4.74. The average Bonchev–Trinajstić information content (AvgIpc) is 2.33. The molecule has 4 heteroatoms. The van der Waals surface area contributed by atoms with Crippen molar-refractivity contribution in [1.29, 1.82) is 0 Å². The summed E-state index contributed by atoms with van der Waals surface area (Å²) in [6.07, 6.45) is 0. The number of halogens is 4. The summed E-state index contributed by atoms with van der Waals surface area (Å²) in [5.74, 6) is -0.291. The molecule has 0 aliphatic rings. The zero-order valence-corrected chi connectivity index (χ0v) is 13.5. The van der Waals surface area contributed by atoms with Crippen molar-refractivity contribution in [3.05, 3.63) is 67.9 Å². The van der Waals surface area contributed by atoms with Gasteiger partial charge in [0.25, 0.3) is 0 Å². The van der Waals surface area contributed by atoms with Crippen molar-refractivity contribution < 1.29 is 4.39 Å². The largest absolute Gasteiger partial charge is 0.207 e. The standard InChI is InChI=1S/C14H10Br2ClF/c1-8-6-12(16)10(7-11(8)15)14(17)9-4-2-3-5-13(9)18/h2-7,14H,1H3. The van der Waals surface area contributed by atoms with Gasteiger partial charge in [-0.25, -0.2) is 4.39 Å². The Kier molecular flexibility index (Phi) is 4.46. The van der Waals surface area contributed by atoms with Crippen LogP contribution in [0.3, 0.4) is 0 Å². The van der Waals surface area contributed by atoms with Crippen LogP contribution in [-0.4, -0.2) is 0 Å². The molecule has 1 atom stereocenters. The van der Waals surface area contributed by atoms with Gasteiger partial charge in [0.15, 0.2) is 0 Å². The van der Waals surface area contributed by atoms with Crippen LogP contribution in [0.2, 0.25) is 0 Å². The van der Waals surface area contributed by atoms with Crippen molar-refractivity contribution >= 4 is 43.5 Å². The molecule has 0 bridgehead atoms. The van der Waals surface area contributed by atoms with Crippen LogP contribution in [0.4, 0.5) is 4.39 Å². The Balaban J connectivity index is 2.50. The maximum atomic E-state index is 13.7. The van der Waals surface area contributed by atoms with Crippen LogP contribution in [0.1, 0.15) is 22.1 Å². The van der Waals surface area contributed by atoms with Crippen molar-refractivity contribution in [2.45, 2.75) is 12.3 Å². The number of alkyl halides is 1. The monoisotopic (exact) mass is 390 g/mol. The van der Waals surface area contributed by atoms with Crippen LogP contribution in [-0.2, 0) is 0 Å². The van der Waals surface area contributed by atoms with Gasteiger partial charge in [-0.3, -0.25) is 0 Å². The second-order valence-electron chi connectivity index (χ2n) is 4.01. The smallest absolute Gasteiger partial charge is 0.128 e. The molecule has 0 spiro atoms. The molecule has 94 valence electrons. The maximum Gasteiger partial charge on any atom is 0.128 e. The number of benzene rings is 2. The highest BCUT2D eigenvalue weighted by Crippen LogP contribution is 2.37. The van der Waals surface area contributed by atoms with E-state index in [1.165, 1.54) is 6.07 Å². The molecule has 0 fully saturated rings. The third-order valence-electron chi connectivity index (χ3n) is 2.73. The molecule has 2 aromatic carbocycles. The average molecular weight is 392 g/mol. The normalized spacial score (nSPS) is 12.5. The van der Waals surface area contributed by atoms with E-state index < -0.39 is 5.38 Å². The Labute approximate surface area is 127 Å². The molecule has 0 saturated carbocycles. The van der Waals surface area contributed by atoms with Gasteiger partial charge in [-0.2, -0.15) is 0 Å². The van der Waals surface area contributed by atoms with Crippen LogP contribution in [0.25, 0.3) is 0 Å². The van der Waals surface area contributed by atoms with E-state index in [0.717, 1.165) is 20.1 Å². The summed E-state index contributed by atoms with van der Waals surface area (Å²) in [7, 11) is 0. The minimum atomic E-state index is -0.516. The first kappa shape index (κ1) is 14.0. The molecular formula is C14H10Br2ClF. The van der Waals surface area contributed by atoms with E-state index in [0.29, 0.717) is 5.56 Å². The van der Waals surface area contributed by atoms with Crippen molar-refractivity contribution in [2.75, 3.05) is 0 Å². The first-order valence-corrected chi connectivity index (χ1v) is 7.37. The van der Waals surface area contributed by atoms with Gasteiger partial charge in [-0.1, -0.05) is 50.1 Å². The molecule has 0 aromatic heterocycles. The lowest BCUT2D eigenvalue weighted by Gasteiger charge is -2.14. The second-order valence-corrected chi connectivity index (χ2v) is 6.15. The van der Waals surface area contributed by atoms with E-state index >= 15 is 0 Å². The highest BCUT2D eigenvalue weighted by atomic mass is 79.9. The zero-order chi connectivity index (χ0) is 13.3. The van der Waals surface area contributed by atoms with E-state index in [4.69, 9.17) is 11.6 Å². The summed E-state index contributed by atoms with van der Waals surface area (Å²) >= 11 is 13.3. The number of rotatable bonds is 2. The van der Waals surface area contributed by atoms with E-state index in [1.807, 2.05) is 19.1 Å². The van der Waals surface area contributed by atoms with Gasteiger partial charge in [0.2, 0.25) is 0 Å². The van der Waals surface area contributed by atoms with E-state index in [1.54, 1.807) is 18.2 Å². The Morgan fingerprint density at radius 3 is 2.39 bits per heavy atom. The highest BCUT2D eigenvalue weighted by molar-refractivity contribution is 9.11. The number of hydrogen-bond acceptors (Lipinski definition) is 0. The first-order chi connectivity index (χ1) is 8.50. The molecule has 0 saturated heterocycles. The summed E-state index contributed by atoms with van der Waals surface area (Å²) in [5, 5.41) is -0.516. The van der Waals surface area contributed by atoms with Crippen molar-refractivity contribution in [1.82, 2.24) is 0 Å². The Morgan fingerprint density at radius 2 is 1.72 bits per heavy atom. The molecule has 0 aliphatic carbocycles. The lowest BCUT2D eigenvalue weighted by atomic mass is 10.0. The fourth-order valence-electron chi connectivity index (χ4n) is 1.70. The minimum Gasteiger partial charge on any atom is -0.207 e. The van der Waals surface area contributed by atoms with Gasteiger partial charge >= 0.3 is 0 Å². The van der Waals surface area contributed by atoms with Gasteiger partial charge in [0.05, 0.1) is 5.38 Å². The lowest BCUT2D eigenvalue weighted by Crippen LogP contribution is -1.98. The third kappa shape index (κ3) is 2.79. The second kappa shape index (κ2) is 5.72. The van der Waals surface area contributed by atoms with Gasteiger partial charge < -0.3 is 0 Å². The molecule has 0 N–H and O–H groups in total.